The molecule has 1 saturated carbocycles. The lowest BCUT2D eigenvalue weighted by atomic mass is 9.98. The van der Waals surface area contributed by atoms with Crippen molar-refractivity contribution in [3.8, 4) is 0 Å². The Morgan fingerprint density at radius 1 is 1.50 bits per heavy atom. The molecule has 2 N–H and O–H groups in total. The van der Waals surface area contributed by atoms with Crippen molar-refractivity contribution in [2.75, 3.05) is 12.3 Å². The third-order valence-corrected chi connectivity index (χ3v) is 5.46. The lowest BCUT2D eigenvalue weighted by Crippen LogP contribution is -2.27. The van der Waals surface area contributed by atoms with Crippen LogP contribution in [-0.4, -0.2) is 24.3 Å². The Morgan fingerprint density at radius 3 is 2.90 bits per heavy atom. The van der Waals surface area contributed by atoms with Crippen LogP contribution in [0.4, 0.5) is 5.69 Å². The highest BCUT2D eigenvalue weighted by molar-refractivity contribution is 7.14. The first-order valence-corrected chi connectivity index (χ1v) is 8.10. The molecule has 1 aromatic rings. The van der Waals surface area contributed by atoms with Crippen LogP contribution in [-0.2, 0) is 9.47 Å². The van der Waals surface area contributed by atoms with Gasteiger partial charge in [-0.25, -0.2) is 4.79 Å². The van der Waals surface area contributed by atoms with Gasteiger partial charge in [0.2, 0.25) is 0 Å². The molecule has 1 saturated heterocycles. The van der Waals surface area contributed by atoms with Gasteiger partial charge in [0.05, 0.1) is 11.7 Å². The van der Waals surface area contributed by atoms with Crippen molar-refractivity contribution in [3.63, 3.8) is 0 Å². The SMILES string of the molecule is Cc1sc(C(=O)OCC2CCC3(CCCC3)O2)cc1N. The summed E-state index contributed by atoms with van der Waals surface area (Å²) >= 11 is 1.38. The van der Waals surface area contributed by atoms with E-state index in [2.05, 4.69) is 0 Å². The van der Waals surface area contributed by atoms with Crippen molar-refractivity contribution >= 4 is 23.0 Å². The predicted molar refractivity (Wildman–Crippen MR) is 79.1 cm³/mol. The van der Waals surface area contributed by atoms with Crippen LogP contribution >= 0.6 is 11.3 Å². The molecule has 0 radical (unpaired) electrons. The van der Waals surface area contributed by atoms with Crippen molar-refractivity contribution in [1.29, 1.82) is 0 Å². The Labute approximate surface area is 123 Å². The maximum atomic E-state index is 12.0. The van der Waals surface area contributed by atoms with Crippen molar-refractivity contribution in [1.82, 2.24) is 0 Å². The minimum absolute atomic E-state index is 0.0652. The fraction of sp³-hybridized carbons (Fsp3) is 0.667. The molecule has 2 aliphatic rings. The number of aryl methyl sites for hydroxylation is 1. The van der Waals surface area contributed by atoms with Crippen molar-refractivity contribution in [2.45, 2.75) is 57.2 Å². The molecule has 3 rings (SSSR count). The van der Waals surface area contributed by atoms with Gasteiger partial charge in [-0.3, -0.25) is 0 Å². The van der Waals surface area contributed by atoms with Crippen molar-refractivity contribution < 1.29 is 14.3 Å². The fourth-order valence-electron chi connectivity index (χ4n) is 3.24. The molecule has 1 aromatic heterocycles. The average molecular weight is 295 g/mol. The van der Waals surface area contributed by atoms with Crippen LogP contribution in [0, 0.1) is 6.92 Å². The maximum absolute atomic E-state index is 12.0. The van der Waals surface area contributed by atoms with E-state index in [4.69, 9.17) is 15.2 Å². The first kappa shape index (κ1) is 13.9. The monoisotopic (exact) mass is 295 g/mol. The molecule has 1 aliphatic carbocycles. The summed E-state index contributed by atoms with van der Waals surface area (Å²) in [5.41, 5.74) is 6.51. The molecule has 110 valence electrons. The number of ether oxygens (including phenoxy) is 2. The van der Waals surface area contributed by atoms with E-state index in [0.717, 1.165) is 30.6 Å². The average Bonchev–Trinajstić information content (AvgIpc) is 3.12. The van der Waals surface area contributed by atoms with Gasteiger partial charge in [-0.1, -0.05) is 12.8 Å². The van der Waals surface area contributed by atoms with E-state index in [1.165, 1.54) is 24.2 Å². The number of thiophene rings is 1. The highest BCUT2D eigenvalue weighted by Crippen LogP contribution is 2.43. The summed E-state index contributed by atoms with van der Waals surface area (Å²) in [6, 6.07) is 1.69. The van der Waals surface area contributed by atoms with Gasteiger partial charge in [0.15, 0.2) is 0 Å². The Hall–Kier alpha value is -1.07. The molecule has 1 unspecified atom stereocenters. The summed E-state index contributed by atoms with van der Waals surface area (Å²) in [7, 11) is 0. The van der Waals surface area contributed by atoms with E-state index in [1.807, 2.05) is 6.92 Å². The summed E-state index contributed by atoms with van der Waals surface area (Å²) in [6.45, 7) is 2.26. The summed E-state index contributed by atoms with van der Waals surface area (Å²) in [5.74, 6) is -0.286. The van der Waals surface area contributed by atoms with E-state index in [9.17, 15) is 4.79 Å². The predicted octanol–water partition coefficient (Wildman–Crippen LogP) is 3.29. The molecule has 20 heavy (non-hydrogen) atoms. The largest absolute Gasteiger partial charge is 0.459 e. The van der Waals surface area contributed by atoms with E-state index < -0.39 is 0 Å². The van der Waals surface area contributed by atoms with Gasteiger partial charge in [0, 0.05) is 10.6 Å². The van der Waals surface area contributed by atoms with Crippen LogP contribution in [0.3, 0.4) is 0 Å². The quantitative estimate of drug-likeness (QED) is 0.869. The summed E-state index contributed by atoms with van der Waals surface area (Å²) in [6.07, 6.45) is 7.03. The number of hydrogen-bond donors (Lipinski definition) is 1. The molecule has 2 fully saturated rings. The summed E-state index contributed by atoms with van der Waals surface area (Å²) in [5, 5.41) is 0. The number of anilines is 1. The molecule has 1 aliphatic heterocycles. The van der Waals surface area contributed by atoms with Gasteiger partial charge in [0.25, 0.3) is 0 Å². The maximum Gasteiger partial charge on any atom is 0.348 e. The molecule has 1 atom stereocenters. The number of hydrogen-bond acceptors (Lipinski definition) is 5. The van der Waals surface area contributed by atoms with Gasteiger partial charge in [-0.2, -0.15) is 0 Å². The lowest BCUT2D eigenvalue weighted by Gasteiger charge is -2.23. The zero-order valence-electron chi connectivity index (χ0n) is 11.8. The minimum Gasteiger partial charge on any atom is -0.459 e. The van der Waals surface area contributed by atoms with Gasteiger partial charge in [0.1, 0.15) is 11.5 Å². The van der Waals surface area contributed by atoms with E-state index in [0.29, 0.717) is 17.2 Å². The molecule has 2 heterocycles. The second-order valence-corrected chi connectivity index (χ2v) is 7.15. The standard InChI is InChI=1S/C15H21NO3S/c1-10-12(16)8-13(20-10)14(17)18-9-11-4-7-15(19-11)5-2-3-6-15/h8,11H,2-7,9,16H2,1H3. The number of carbonyl (C=O) groups excluding carboxylic acids is 1. The van der Waals surface area contributed by atoms with Crippen LogP contribution in [0.2, 0.25) is 0 Å². The molecule has 0 bridgehead atoms. The Balaban J connectivity index is 1.51. The summed E-state index contributed by atoms with van der Waals surface area (Å²) < 4.78 is 11.5. The van der Waals surface area contributed by atoms with Crippen molar-refractivity contribution in [2.24, 2.45) is 0 Å². The van der Waals surface area contributed by atoms with Crippen LogP contribution in [0.25, 0.3) is 0 Å². The molecule has 1 spiro atoms. The van der Waals surface area contributed by atoms with Crippen molar-refractivity contribution in [3.05, 3.63) is 15.8 Å². The molecular formula is C15H21NO3S. The van der Waals surface area contributed by atoms with Gasteiger partial charge in [-0.15, -0.1) is 11.3 Å². The van der Waals surface area contributed by atoms with Gasteiger partial charge in [-0.05, 0) is 38.7 Å². The number of carbonyl (C=O) groups is 1. The van der Waals surface area contributed by atoms with E-state index in [-0.39, 0.29) is 17.7 Å². The number of nitrogens with two attached hydrogens (primary N) is 1. The van der Waals surface area contributed by atoms with Crippen LogP contribution in [0.5, 0.6) is 0 Å². The zero-order chi connectivity index (χ0) is 14.2. The molecule has 0 aromatic carbocycles. The lowest BCUT2D eigenvalue weighted by molar-refractivity contribution is -0.0597. The molecular weight excluding hydrogens is 274 g/mol. The number of rotatable bonds is 3. The third-order valence-electron chi connectivity index (χ3n) is 4.41. The highest BCUT2D eigenvalue weighted by atomic mass is 32.1. The number of nitrogen functional groups attached to an aromatic ring is 1. The third kappa shape index (κ3) is 2.69. The molecule has 4 nitrogen and oxygen atoms in total. The van der Waals surface area contributed by atoms with Crippen LogP contribution in [0.1, 0.15) is 53.1 Å². The summed E-state index contributed by atoms with van der Waals surface area (Å²) in [4.78, 5) is 13.5. The first-order valence-electron chi connectivity index (χ1n) is 7.29. The first-order chi connectivity index (χ1) is 9.58. The van der Waals surface area contributed by atoms with Crippen LogP contribution < -0.4 is 5.73 Å². The van der Waals surface area contributed by atoms with E-state index >= 15 is 0 Å². The Kier molecular flexibility index (Phi) is 3.73. The highest BCUT2D eigenvalue weighted by Gasteiger charge is 2.42. The second-order valence-electron chi connectivity index (χ2n) is 5.89. The smallest absolute Gasteiger partial charge is 0.348 e. The zero-order valence-corrected chi connectivity index (χ0v) is 12.6. The molecule has 5 heteroatoms. The fourth-order valence-corrected chi connectivity index (χ4v) is 4.07. The minimum atomic E-state index is -0.286. The normalized spacial score (nSPS) is 24.4. The molecule has 0 amide bonds. The number of esters is 1. The van der Waals surface area contributed by atoms with Crippen LogP contribution in [0.15, 0.2) is 6.07 Å². The van der Waals surface area contributed by atoms with Gasteiger partial charge >= 0.3 is 5.97 Å². The Morgan fingerprint density at radius 2 is 2.25 bits per heavy atom. The topological polar surface area (TPSA) is 61.5 Å². The second kappa shape index (κ2) is 5.37. The van der Waals surface area contributed by atoms with Gasteiger partial charge < -0.3 is 15.2 Å². The van der Waals surface area contributed by atoms with E-state index in [1.54, 1.807) is 6.07 Å². The Bertz CT molecular complexity index is 486.